The fourth-order valence-electron chi connectivity index (χ4n) is 3.13. The van der Waals surface area contributed by atoms with E-state index in [1.54, 1.807) is 36.4 Å². The molecule has 9 heteroatoms. The third-order valence-electron chi connectivity index (χ3n) is 4.68. The summed E-state index contributed by atoms with van der Waals surface area (Å²) in [6.45, 7) is 0.369. The molecule has 4 rings (SSSR count). The second-order valence-electron chi connectivity index (χ2n) is 7.09. The van der Waals surface area contributed by atoms with Crippen molar-refractivity contribution in [3.63, 3.8) is 0 Å². The first kappa shape index (κ1) is 22.5. The molecule has 4 aromatic rings. The topological polar surface area (TPSA) is 114 Å². The molecule has 0 unspecified atom stereocenters. The molecule has 4 N–H and O–H groups in total. The summed E-state index contributed by atoms with van der Waals surface area (Å²) >= 11 is 2.70. The average molecular weight is 477 g/mol. The number of anilines is 1. The molecule has 3 amide bonds. The SMILES string of the molecule is NC(=O)CSc1nc2ccc(NC(=O)c3ccccc3C(=O)NCc3ccccc3)cc2s1. The molecule has 0 bridgehead atoms. The highest BCUT2D eigenvalue weighted by molar-refractivity contribution is 8.01. The first-order chi connectivity index (χ1) is 16.0. The Kier molecular flexibility index (Phi) is 7.01. The standard InChI is InChI=1S/C24H20N4O3S2/c25-21(29)14-32-24-28-19-11-10-16(12-20(19)33-24)27-23(31)18-9-5-4-8-17(18)22(30)26-13-15-6-2-1-3-7-15/h1-12H,13-14H2,(H2,25,29)(H,26,30)(H,27,31). The zero-order chi connectivity index (χ0) is 23.2. The van der Waals surface area contributed by atoms with Gasteiger partial charge in [-0.1, -0.05) is 54.2 Å². The fourth-order valence-corrected chi connectivity index (χ4v) is 4.97. The molecule has 7 nitrogen and oxygen atoms in total. The number of amides is 3. The first-order valence-corrected chi connectivity index (χ1v) is 11.8. The number of fused-ring (bicyclic) bond motifs is 1. The van der Waals surface area contributed by atoms with Crippen LogP contribution in [0.25, 0.3) is 10.2 Å². The van der Waals surface area contributed by atoms with Gasteiger partial charge in [0.25, 0.3) is 11.8 Å². The van der Waals surface area contributed by atoms with Crippen LogP contribution in [0.5, 0.6) is 0 Å². The van der Waals surface area contributed by atoms with Crippen LogP contribution in [-0.4, -0.2) is 28.5 Å². The Morgan fingerprint density at radius 3 is 2.33 bits per heavy atom. The van der Waals surface area contributed by atoms with Crippen LogP contribution in [0.2, 0.25) is 0 Å². The van der Waals surface area contributed by atoms with Gasteiger partial charge in [0.15, 0.2) is 4.34 Å². The second-order valence-corrected chi connectivity index (χ2v) is 9.34. The Labute approximate surface area is 198 Å². The van der Waals surface area contributed by atoms with Crippen molar-refractivity contribution in [1.29, 1.82) is 0 Å². The van der Waals surface area contributed by atoms with Crippen molar-refractivity contribution < 1.29 is 14.4 Å². The number of hydrogen-bond donors (Lipinski definition) is 3. The zero-order valence-corrected chi connectivity index (χ0v) is 19.0. The molecule has 33 heavy (non-hydrogen) atoms. The molecule has 0 atom stereocenters. The van der Waals surface area contributed by atoms with E-state index in [9.17, 15) is 14.4 Å². The summed E-state index contributed by atoms with van der Waals surface area (Å²) in [5.41, 5.74) is 8.10. The van der Waals surface area contributed by atoms with Gasteiger partial charge < -0.3 is 16.4 Å². The minimum atomic E-state index is -0.404. The third-order valence-corrected chi connectivity index (χ3v) is 6.86. The Bertz CT molecular complexity index is 1320. The molecule has 1 heterocycles. The highest BCUT2D eigenvalue weighted by atomic mass is 32.2. The maximum absolute atomic E-state index is 13.0. The van der Waals surface area contributed by atoms with Crippen LogP contribution >= 0.6 is 23.1 Å². The summed E-state index contributed by atoms with van der Waals surface area (Å²) in [5, 5.41) is 5.72. The van der Waals surface area contributed by atoms with Gasteiger partial charge in [-0.15, -0.1) is 11.3 Å². The number of nitrogens with two attached hydrogens (primary N) is 1. The lowest BCUT2D eigenvalue weighted by molar-refractivity contribution is -0.115. The molecule has 0 saturated heterocycles. The maximum atomic E-state index is 13.0. The van der Waals surface area contributed by atoms with E-state index in [-0.39, 0.29) is 23.1 Å². The number of thiazole rings is 1. The highest BCUT2D eigenvalue weighted by Gasteiger charge is 2.17. The summed E-state index contributed by atoms with van der Waals surface area (Å²) in [6.07, 6.45) is 0. The van der Waals surface area contributed by atoms with E-state index in [1.807, 2.05) is 36.4 Å². The van der Waals surface area contributed by atoms with Gasteiger partial charge in [0, 0.05) is 12.2 Å². The van der Waals surface area contributed by atoms with Crippen molar-refractivity contribution in [1.82, 2.24) is 10.3 Å². The number of primary amides is 1. The van der Waals surface area contributed by atoms with Crippen molar-refractivity contribution in [2.45, 2.75) is 10.9 Å². The molecule has 166 valence electrons. The lowest BCUT2D eigenvalue weighted by atomic mass is 10.1. The van der Waals surface area contributed by atoms with Gasteiger partial charge in [-0.3, -0.25) is 14.4 Å². The van der Waals surface area contributed by atoms with Crippen LogP contribution in [0, 0.1) is 0 Å². The maximum Gasteiger partial charge on any atom is 0.256 e. The Hall–Kier alpha value is -3.69. The van der Waals surface area contributed by atoms with Crippen LogP contribution in [0.4, 0.5) is 5.69 Å². The van der Waals surface area contributed by atoms with E-state index >= 15 is 0 Å². The van der Waals surface area contributed by atoms with Crippen molar-refractivity contribution in [3.8, 4) is 0 Å². The van der Waals surface area contributed by atoms with Crippen molar-refractivity contribution >= 4 is 56.7 Å². The van der Waals surface area contributed by atoms with Gasteiger partial charge in [0.1, 0.15) is 0 Å². The molecule has 0 spiro atoms. The second kappa shape index (κ2) is 10.3. The van der Waals surface area contributed by atoms with Gasteiger partial charge in [0.05, 0.1) is 27.1 Å². The largest absolute Gasteiger partial charge is 0.369 e. The highest BCUT2D eigenvalue weighted by Crippen LogP contribution is 2.31. The smallest absolute Gasteiger partial charge is 0.256 e. The number of hydrogen-bond acceptors (Lipinski definition) is 6. The van der Waals surface area contributed by atoms with Crippen LogP contribution < -0.4 is 16.4 Å². The monoisotopic (exact) mass is 476 g/mol. The predicted molar refractivity (Wildman–Crippen MR) is 132 cm³/mol. The summed E-state index contributed by atoms with van der Waals surface area (Å²) < 4.78 is 1.60. The number of carbonyl (C=O) groups excluding carboxylic acids is 3. The number of nitrogens with one attached hydrogen (secondary N) is 2. The molecule has 0 aliphatic rings. The molecule has 3 aromatic carbocycles. The number of thioether (sulfide) groups is 1. The van der Waals surface area contributed by atoms with E-state index in [0.717, 1.165) is 20.1 Å². The summed E-state index contributed by atoms with van der Waals surface area (Å²) in [4.78, 5) is 41.2. The quantitative estimate of drug-likeness (QED) is 0.332. The summed E-state index contributed by atoms with van der Waals surface area (Å²) in [5.74, 6) is -0.947. The first-order valence-electron chi connectivity index (χ1n) is 10.0. The number of carbonyl (C=O) groups is 3. The van der Waals surface area contributed by atoms with E-state index in [4.69, 9.17) is 5.73 Å². The average Bonchev–Trinajstić information content (AvgIpc) is 3.24. The Morgan fingerprint density at radius 1 is 0.909 bits per heavy atom. The van der Waals surface area contributed by atoms with E-state index < -0.39 is 5.91 Å². The number of benzene rings is 3. The Morgan fingerprint density at radius 2 is 1.61 bits per heavy atom. The van der Waals surface area contributed by atoms with Gasteiger partial charge in [0.2, 0.25) is 5.91 Å². The minimum Gasteiger partial charge on any atom is -0.369 e. The third kappa shape index (κ3) is 5.76. The molecular weight excluding hydrogens is 456 g/mol. The van der Waals surface area contributed by atoms with Crippen LogP contribution in [0.3, 0.4) is 0 Å². The number of aromatic nitrogens is 1. The normalized spacial score (nSPS) is 10.7. The molecule has 1 aromatic heterocycles. The van der Waals surface area contributed by atoms with E-state index in [2.05, 4.69) is 15.6 Å². The number of nitrogens with zero attached hydrogens (tertiary/aromatic N) is 1. The van der Waals surface area contributed by atoms with Crippen LogP contribution in [0.1, 0.15) is 26.3 Å². The van der Waals surface area contributed by atoms with E-state index in [1.165, 1.54) is 23.1 Å². The van der Waals surface area contributed by atoms with E-state index in [0.29, 0.717) is 17.8 Å². The van der Waals surface area contributed by atoms with Crippen molar-refractivity contribution in [3.05, 3.63) is 89.5 Å². The lowest BCUT2D eigenvalue weighted by Gasteiger charge is -2.11. The minimum absolute atomic E-state index is 0.159. The summed E-state index contributed by atoms with van der Waals surface area (Å²) in [7, 11) is 0. The number of rotatable bonds is 8. The van der Waals surface area contributed by atoms with Crippen LogP contribution in [-0.2, 0) is 11.3 Å². The van der Waals surface area contributed by atoms with Crippen molar-refractivity contribution in [2.75, 3.05) is 11.1 Å². The molecule has 0 aliphatic carbocycles. The van der Waals surface area contributed by atoms with Crippen molar-refractivity contribution in [2.24, 2.45) is 5.73 Å². The van der Waals surface area contributed by atoms with Gasteiger partial charge in [-0.05, 0) is 35.9 Å². The van der Waals surface area contributed by atoms with Gasteiger partial charge >= 0.3 is 0 Å². The Balaban J connectivity index is 1.47. The lowest BCUT2D eigenvalue weighted by Crippen LogP contribution is -2.26. The molecular formula is C24H20N4O3S2. The van der Waals surface area contributed by atoms with Crippen LogP contribution in [0.15, 0.2) is 77.1 Å². The molecule has 0 saturated carbocycles. The van der Waals surface area contributed by atoms with Gasteiger partial charge in [-0.2, -0.15) is 0 Å². The molecule has 0 radical (unpaired) electrons. The molecule has 0 fully saturated rings. The fraction of sp³-hybridized carbons (Fsp3) is 0.0833. The van der Waals surface area contributed by atoms with Gasteiger partial charge in [-0.25, -0.2) is 4.98 Å². The predicted octanol–water partition coefficient (Wildman–Crippen LogP) is 4.06. The summed E-state index contributed by atoms with van der Waals surface area (Å²) in [6, 6.07) is 21.6. The molecule has 0 aliphatic heterocycles. The zero-order valence-electron chi connectivity index (χ0n) is 17.4.